The second-order valence-electron chi connectivity index (χ2n) is 6.87. The molecule has 27 heavy (non-hydrogen) atoms. The molecule has 158 valence electrons. The molecule has 1 fully saturated rings. The van der Waals surface area contributed by atoms with Crippen molar-refractivity contribution in [2.75, 3.05) is 19.8 Å². The van der Waals surface area contributed by atoms with Gasteiger partial charge in [-0.15, -0.1) is 0 Å². The van der Waals surface area contributed by atoms with E-state index in [0.717, 1.165) is 32.5 Å². The molecule has 0 amide bonds. The second kappa shape index (κ2) is 23.1. The molecule has 0 aromatic heterocycles. The monoisotopic (exact) mass is 416 g/mol. The van der Waals surface area contributed by atoms with Crippen LogP contribution in [0.25, 0.3) is 0 Å². The molecule has 0 aromatic carbocycles. The molecular weight excluding hydrogens is 374 g/mol. The fraction of sp³-hybridized carbons (Fsp3) is 0.900. The van der Waals surface area contributed by atoms with Gasteiger partial charge in [0.2, 0.25) is 0 Å². The average Bonchev–Trinajstić information content (AvgIpc) is 3.45. The molecule has 0 saturated carbocycles. The van der Waals surface area contributed by atoms with Crippen LogP contribution >= 0.6 is 7.82 Å². The van der Waals surface area contributed by atoms with E-state index in [4.69, 9.17) is 9.79 Å². The number of ether oxygens (including phenoxy) is 1. The molecule has 0 bridgehead atoms. The molecule has 0 aliphatic carbocycles. The van der Waals surface area contributed by atoms with Gasteiger partial charge in [-0.3, -0.25) is 4.52 Å². The van der Waals surface area contributed by atoms with Crippen LogP contribution in [-0.4, -0.2) is 29.6 Å². The van der Waals surface area contributed by atoms with Crippen molar-refractivity contribution < 1.29 is 54.6 Å². The van der Waals surface area contributed by atoms with Crippen molar-refractivity contribution in [3.63, 3.8) is 0 Å². The summed E-state index contributed by atoms with van der Waals surface area (Å²) in [7, 11) is -4.26. The Labute approximate surface area is 190 Å². The summed E-state index contributed by atoms with van der Waals surface area (Å²) in [6.45, 7) is 4.41. The van der Waals surface area contributed by atoms with Crippen LogP contribution < -0.4 is 29.6 Å². The Bertz CT molecular complexity index is 362. The number of unbranched alkanes of at least 4 members (excludes halogenated alkanes) is 12. The first-order valence-electron chi connectivity index (χ1n) is 10.5. The molecule has 5 nitrogen and oxygen atoms in total. The Balaban J connectivity index is -0.00000113. The number of hydrogen-bond donors (Lipinski definition) is 2. The van der Waals surface area contributed by atoms with Crippen molar-refractivity contribution in [1.29, 1.82) is 0 Å². The first-order chi connectivity index (χ1) is 12.6. The van der Waals surface area contributed by atoms with Crippen LogP contribution in [0.5, 0.6) is 0 Å². The molecular formula is C20H42NaO5P. The minimum atomic E-state index is -4.26. The SMILES string of the molecule is C1CO1.CCCCCCCC/C=C\CCCCCCCCOP(=O)(O)O.[H-].[Na+]. The minimum Gasteiger partial charge on any atom is -1.00 e. The Hall–Kier alpha value is 0.810. The van der Waals surface area contributed by atoms with Crippen molar-refractivity contribution in [3.05, 3.63) is 12.2 Å². The van der Waals surface area contributed by atoms with Crippen molar-refractivity contribution in [2.24, 2.45) is 0 Å². The number of allylic oxidation sites excluding steroid dienone is 2. The van der Waals surface area contributed by atoms with Gasteiger partial charge in [-0.1, -0.05) is 76.9 Å². The van der Waals surface area contributed by atoms with Gasteiger partial charge in [-0.25, -0.2) is 4.57 Å². The zero-order valence-electron chi connectivity index (χ0n) is 18.7. The summed E-state index contributed by atoms with van der Waals surface area (Å²) in [5.74, 6) is 0. The van der Waals surface area contributed by atoms with Gasteiger partial charge in [0, 0.05) is 0 Å². The number of epoxide rings is 1. The first kappa shape index (κ1) is 30.0. The van der Waals surface area contributed by atoms with Crippen LogP contribution in [0, 0.1) is 0 Å². The summed E-state index contributed by atoms with van der Waals surface area (Å²) in [5.41, 5.74) is 0. The fourth-order valence-electron chi connectivity index (χ4n) is 2.53. The van der Waals surface area contributed by atoms with Crippen LogP contribution in [0.3, 0.4) is 0 Å². The van der Waals surface area contributed by atoms with E-state index < -0.39 is 7.82 Å². The van der Waals surface area contributed by atoms with Gasteiger partial charge in [-0.2, -0.15) is 0 Å². The van der Waals surface area contributed by atoms with Crippen LogP contribution in [0.2, 0.25) is 0 Å². The summed E-state index contributed by atoms with van der Waals surface area (Å²) in [5, 5.41) is 0. The van der Waals surface area contributed by atoms with Crippen molar-refractivity contribution >= 4 is 7.82 Å². The predicted octanol–water partition coefficient (Wildman–Crippen LogP) is 3.27. The van der Waals surface area contributed by atoms with E-state index in [1.54, 1.807) is 0 Å². The van der Waals surface area contributed by atoms with Crippen LogP contribution in [0.4, 0.5) is 0 Å². The maximum Gasteiger partial charge on any atom is 1.00 e. The van der Waals surface area contributed by atoms with Crippen LogP contribution in [0.15, 0.2) is 12.2 Å². The Morgan fingerprint density at radius 2 is 1.26 bits per heavy atom. The van der Waals surface area contributed by atoms with E-state index in [9.17, 15) is 4.57 Å². The van der Waals surface area contributed by atoms with E-state index in [0.29, 0.717) is 0 Å². The fourth-order valence-corrected chi connectivity index (χ4v) is 2.90. The summed E-state index contributed by atoms with van der Waals surface area (Å²) in [4.78, 5) is 17.1. The minimum absolute atomic E-state index is 0. The van der Waals surface area contributed by atoms with E-state index in [1.165, 1.54) is 70.6 Å². The van der Waals surface area contributed by atoms with Gasteiger partial charge in [0.05, 0.1) is 19.8 Å². The number of rotatable bonds is 17. The summed E-state index contributed by atoms with van der Waals surface area (Å²) >= 11 is 0. The topological polar surface area (TPSA) is 79.3 Å². The van der Waals surface area contributed by atoms with E-state index >= 15 is 0 Å². The van der Waals surface area contributed by atoms with E-state index in [-0.39, 0.29) is 37.6 Å². The standard InChI is InChI=1S/C18H37O4P.C2H4O.Na.H/c1-2-3-4-5-6-7-8-9-10-11-12-13-14-15-16-17-18-22-23(19,20)21;1-2-3-1;;/h9-10H,2-8,11-18H2,1H3,(H2,19,20,21);1-2H2;;/q;;+1;-1/b10-9-;;;. The third-order valence-corrected chi connectivity index (χ3v) is 4.64. The molecule has 1 saturated heterocycles. The maximum absolute atomic E-state index is 10.5. The quantitative estimate of drug-likeness (QED) is 0.125. The number of hydrogen-bond acceptors (Lipinski definition) is 3. The molecule has 0 spiro atoms. The second-order valence-corrected chi connectivity index (χ2v) is 8.11. The van der Waals surface area contributed by atoms with Crippen LogP contribution in [-0.2, 0) is 13.8 Å². The molecule has 1 aliphatic heterocycles. The number of phosphoric acid groups is 1. The third-order valence-electron chi connectivity index (χ3n) is 4.12. The molecule has 1 rings (SSSR count). The smallest absolute Gasteiger partial charge is 1.00 e. The molecule has 0 aromatic rings. The molecule has 1 heterocycles. The van der Waals surface area contributed by atoms with Gasteiger partial charge >= 0.3 is 37.4 Å². The van der Waals surface area contributed by atoms with Gasteiger partial charge in [-0.05, 0) is 32.1 Å². The first-order valence-corrected chi connectivity index (χ1v) is 12.0. The molecule has 0 radical (unpaired) electrons. The molecule has 0 unspecified atom stereocenters. The Kier molecular flexibility index (Phi) is 25.7. The third kappa shape index (κ3) is 34.7. The molecule has 2 N–H and O–H groups in total. The summed E-state index contributed by atoms with van der Waals surface area (Å²) < 4.78 is 19.4. The number of phosphoric ester groups is 1. The van der Waals surface area contributed by atoms with Gasteiger partial charge < -0.3 is 16.0 Å². The summed E-state index contributed by atoms with van der Waals surface area (Å²) in [6.07, 6.45) is 21.7. The molecule has 1 aliphatic rings. The summed E-state index contributed by atoms with van der Waals surface area (Å²) in [6, 6.07) is 0. The Morgan fingerprint density at radius 1 is 0.852 bits per heavy atom. The maximum atomic E-state index is 10.5. The zero-order valence-corrected chi connectivity index (χ0v) is 20.6. The van der Waals surface area contributed by atoms with Crippen LogP contribution in [0.1, 0.15) is 98.2 Å². The Morgan fingerprint density at radius 3 is 1.67 bits per heavy atom. The zero-order chi connectivity index (χ0) is 19.3. The predicted molar refractivity (Wildman–Crippen MR) is 109 cm³/mol. The van der Waals surface area contributed by atoms with Crippen molar-refractivity contribution in [1.82, 2.24) is 0 Å². The van der Waals surface area contributed by atoms with E-state index in [1.807, 2.05) is 0 Å². The largest absolute Gasteiger partial charge is 1.00 e. The van der Waals surface area contributed by atoms with Gasteiger partial charge in [0.15, 0.2) is 0 Å². The van der Waals surface area contributed by atoms with Gasteiger partial charge in [0.1, 0.15) is 0 Å². The van der Waals surface area contributed by atoms with Crippen molar-refractivity contribution in [2.45, 2.75) is 96.8 Å². The molecule has 0 atom stereocenters. The normalized spacial score (nSPS) is 13.1. The van der Waals surface area contributed by atoms with Crippen molar-refractivity contribution in [3.8, 4) is 0 Å². The van der Waals surface area contributed by atoms with Gasteiger partial charge in [0.25, 0.3) is 0 Å². The van der Waals surface area contributed by atoms with E-state index in [2.05, 4.69) is 28.3 Å². The average molecular weight is 417 g/mol. The molecule has 7 heteroatoms.